The van der Waals surface area contributed by atoms with Gasteiger partial charge in [-0.2, -0.15) is 11.8 Å². The summed E-state index contributed by atoms with van der Waals surface area (Å²) in [4.78, 5) is 26.8. The minimum Gasteiger partial charge on any atom is -0.480 e. The molecule has 0 bridgehead atoms. The van der Waals surface area contributed by atoms with E-state index in [9.17, 15) is 14.7 Å². The van der Waals surface area contributed by atoms with Gasteiger partial charge < -0.3 is 14.9 Å². The van der Waals surface area contributed by atoms with Gasteiger partial charge in [-0.05, 0) is 20.8 Å². The Balaban J connectivity index is 2.82. The average molecular weight is 274 g/mol. The van der Waals surface area contributed by atoms with Crippen LogP contribution in [0.15, 0.2) is 0 Å². The van der Waals surface area contributed by atoms with Crippen molar-refractivity contribution in [2.45, 2.75) is 38.5 Å². The number of hydrogen-bond donors (Lipinski definition) is 1. The second kappa shape index (κ2) is 5.82. The van der Waals surface area contributed by atoms with Crippen LogP contribution in [0.3, 0.4) is 0 Å². The Bertz CT molecular complexity index is 333. The largest absolute Gasteiger partial charge is 0.480 e. The van der Waals surface area contributed by atoms with Crippen molar-refractivity contribution in [1.82, 2.24) is 9.80 Å². The number of amides is 2. The molecule has 5 nitrogen and oxygen atoms in total. The van der Waals surface area contributed by atoms with E-state index in [1.165, 1.54) is 4.90 Å². The minimum atomic E-state index is -1.17. The van der Waals surface area contributed by atoms with Gasteiger partial charge in [-0.25, -0.2) is 9.59 Å². The monoisotopic (exact) mass is 274 g/mol. The highest BCUT2D eigenvalue weighted by Crippen LogP contribution is 2.22. The Labute approximate surface area is 113 Å². The smallest absolute Gasteiger partial charge is 0.329 e. The molecule has 1 aliphatic heterocycles. The summed E-state index contributed by atoms with van der Waals surface area (Å²) in [5.74, 6) is -0.0602. The van der Waals surface area contributed by atoms with Crippen molar-refractivity contribution in [3.63, 3.8) is 0 Å². The molecule has 1 saturated heterocycles. The van der Waals surface area contributed by atoms with Crippen molar-refractivity contribution >= 4 is 23.8 Å². The molecule has 104 valence electrons. The normalized spacial score (nSPS) is 20.7. The lowest BCUT2D eigenvalue weighted by Crippen LogP contribution is -2.58. The summed E-state index contributed by atoms with van der Waals surface area (Å²) in [5, 5.41) is 9.64. The number of carbonyl (C=O) groups excluding carboxylic acids is 1. The topological polar surface area (TPSA) is 60.9 Å². The van der Waals surface area contributed by atoms with Crippen LogP contribution in [0.5, 0.6) is 0 Å². The summed E-state index contributed by atoms with van der Waals surface area (Å²) in [5.41, 5.74) is -1.17. The zero-order valence-corrected chi connectivity index (χ0v) is 12.3. The van der Waals surface area contributed by atoms with Gasteiger partial charge in [0, 0.05) is 30.6 Å². The first-order valence-corrected chi connectivity index (χ1v) is 7.27. The summed E-state index contributed by atoms with van der Waals surface area (Å²) in [6.07, 6.45) is 0. The number of carboxylic acid groups (broad SMARTS) is 1. The molecular formula is C12H22N2O3S. The zero-order chi connectivity index (χ0) is 13.9. The Hall–Kier alpha value is -0.910. The molecule has 0 spiro atoms. The Kier molecular flexibility index (Phi) is 4.90. The van der Waals surface area contributed by atoms with Gasteiger partial charge in [0.05, 0.1) is 0 Å². The molecule has 1 atom stereocenters. The fourth-order valence-electron chi connectivity index (χ4n) is 2.05. The quantitative estimate of drug-likeness (QED) is 0.851. The molecule has 6 heteroatoms. The Morgan fingerprint density at radius 3 is 2.56 bits per heavy atom. The fraction of sp³-hybridized carbons (Fsp3) is 0.833. The number of thioether (sulfide) groups is 1. The van der Waals surface area contributed by atoms with Crippen molar-refractivity contribution in [2.24, 2.45) is 0 Å². The van der Waals surface area contributed by atoms with Crippen LogP contribution >= 0.6 is 11.8 Å². The van der Waals surface area contributed by atoms with Gasteiger partial charge in [-0.3, -0.25) is 0 Å². The first kappa shape index (κ1) is 15.1. The second-order valence-electron chi connectivity index (χ2n) is 5.02. The van der Waals surface area contributed by atoms with Gasteiger partial charge in [-0.15, -0.1) is 0 Å². The SMILES string of the molecule is CCN(C(=O)N1CCSC(C)C1)C(C)(C)C(=O)O. The van der Waals surface area contributed by atoms with Crippen molar-refractivity contribution in [3.8, 4) is 0 Å². The summed E-state index contributed by atoms with van der Waals surface area (Å²) in [6.45, 7) is 8.82. The molecule has 1 N–H and O–H groups in total. The summed E-state index contributed by atoms with van der Waals surface area (Å²) < 4.78 is 0. The third kappa shape index (κ3) is 3.10. The summed E-state index contributed by atoms with van der Waals surface area (Å²) >= 11 is 1.84. The molecule has 0 saturated carbocycles. The molecule has 1 heterocycles. The van der Waals surface area contributed by atoms with Crippen molar-refractivity contribution < 1.29 is 14.7 Å². The van der Waals surface area contributed by atoms with E-state index in [0.29, 0.717) is 24.9 Å². The van der Waals surface area contributed by atoms with Crippen LogP contribution in [0.4, 0.5) is 4.79 Å². The number of nitrogens with zero attached hydrogens (tertiary/aromatic N) is 2. The number of rotatable bonds is 3. The van der Waals surface area contributed by atoms with Gasteiger partial charge in [-0.1, -0.05) is 6.92 Å². The fourth-order valence-corrected chi connectivity index (χ4v) is 3.06. The van der Waals surface area contributed by atoms with Gasteiger partial charge in [0.2, 0.25) is 0 Å². The van der Waals surface area contributed by atoms with E-state index in [-0.39, 0.29) is 6.03 Å². The average Bonchev–Trinajstić information content (AvgIpc) is 2.29. The van der Waals surface area contributed by atoms with E-state index >= 15 is 0 Å². The molecule has 0 aromatic heterocycles. The van der Waals surface area contributed by atoms with Crippen molar-refractivity contribution in [2.75, 3.05) is 25.4 Å². The molecule has 0 aromatic carbocycles. The van der Waals surface area contributed by atoms with Gasteiger partial charge in [0.1, 0.15) is 5.54 Å². The molecule has 0 aromatic rings. The van der Waals surface area contributed by atoms with E-state index in [2.05, 4.69) is 6.92 Å². The number of urea groups is 1. The maximum atomic E-state index is 12.4. The Morgan fingerprint density at radius 2 is 2.11 bits per heavy atom. The third-order valence-electron chi connectivity index (χ3n) is 3.26. The number of hydrogen-bond acceptors (Lipinski definition) is 3. The van der Waals surface area contributed by atoms with Crippen molar-refractivity contribution in [3.05, 3.63) is 0 Å². The standard InChI is InChI=1S/C12H22N2O3S/c1-5-14(12(3,4)10(15)16)11(17)13-6-7-18-9(2)8-13/h9H,5-8H2,1-4H3,(H,15,16). The number of carbonyl (C=O) groups is 2. The molecule has 0 aliphatic carbocycles. The predicted molar refractivity (Wildman–Crippen MR) is 73.0 cm³/mol. The van der Waals surface area contributed by atoms with Crippen LogP contribution in [0.2, 0.25) is 0 Å². The lowest BCUT2D eigenvalue weighted by atomic mass is 10.0. The van der Waals surface area contributed by atoms with Crippen molar-refractivity contribution in [1.29, 1.82) is 0 Å². The molecule has 0 radical (unpaired) electrons. The van der Waals surface area contributed by atoms with Crippen LogP contribution in [0.1, 0.15) is 27.7 Å². The van der Waals surface area contributed by atoms with Crippen LogP contribution in [-0.2, 0) is 4.79 Å². The molecule has 18 heavy (non-hydrogen) atoms. The third-order valence-corrected chi connectivity index (χ3v) is 4.39. The minimum absolute atomic E-state index is 0.169. The van der Waals surface area contributed by atoms with Gasteiger partial charge in [0.15, 0.2) is 0 Å². The van der Waals surface area contributed by atoms with Crippen LogP contribution in [-0.4, -0.2) is 63.1 Å². The molecule has 1 fully saturated rings. The van der Waals surface area contributed by atoms with Gasteiger partial charge in [0.25, 0.3) is 0 Å². The van der Waals surface area contributed by atoms with Crippen LogP contribution in [0.25, 0.3) is 0 Å². The van der Waals surface area contributed by atoms with E-state index < -0.39 is 11.5 Å². The van der Waals surface area contributed by atoms with Crippen LogP contribution < -0.4 is 0 Å². The molecule has 1 rings (SSSR count). The number of likely N-dealkylation sites (N-methyl/N-ethyl adjacent to an activating group) is 1. The molecule has 1 aliphatic rings. The molecule has 2 amide bonds. The number of carboxylic acids is 1. The summed E-state index contributed by atoms with van der Waals surface area (Å²) in [6, 6.07) is -0.169. The first-order chi connectivity index (χ1) is 8.30. The predicted octanol–water partition coefficient (Wildman–Crippen LogP) is 1.73. The lowest BCUT2D eigenvalue weighted by Gasteiger charge is -2.40. The molecular weight excluding hydrogens is 252 g/mol. The van der Waals surface area contributed by atoms with Gasteiger partial charge >= 0.3 is 12.0 Å². The summed E-state index contributed by atoms with van der Waals surface area (Å²) in [7, 11) is 0. The van der Waals surface area contributed by atoms with E-state index in [1.807, 2.05) is 18.7 Å². The maximum absolute atomic E-state index is 12.4. The Morgan fingerprint density at radius 1 is 1.50 bits per heavy atom. The maximum Gasteiger partial charge on any atom is 0.329 e. The first-order valence-electron chi connectivity index (χ1n) is 6.22. The van der Waals surface area contributed by atoms with E-state index in [0.717, 1.165) is 5.75 Å². The highest BCUT2D eigenvalue weighted by Gasteiger charge is 2.39. The van der Waals surface area contributed by atoms with E-state index in [4.69, 9.17) is 0 Å². The van der Waals surface area contributed by atoms with Crippen LogP contribution in [0, 0.1) is 0 Å². The zero-order valence-electron chi connectivity index (χ0n) is 11.5. The second-order valence-corrected chi connectivity index (χ2v) is 6.56. The lowest BCUT2D eigenvalue weighted by molar-refractivity contribution is -0.147. The van der Waals surface area contributed by atoms with E-state index in [1.54, 1.807) is 18.7 Å². The highest BCUT2D eigenvalue weighted by molar-refractivity contribution is 7.99. The number of aliphatic carboxylic acids is 1. The molecule has 1 unspecified atom stereocenters. The highest BCUT2D eigenvalue weighted by atomic mass is 32.2.